The molecule has 1 unspecified atom stereocenters. The molecule has 0 saturated heterocycles. The summed E-state index contributed by atoms with van der Waals surface area (Å²) in [6.07, 6.45) is 3.68. The van der Waals surface area contributed by atoms with Crippen molar-refractivity contribution in [3.05, 3.63) is 47.5 Å². The smallest absolute Gasteiger partial charge is 0.203 e. The van der Waals surface area contributed by atoms with E-state index in [1.54, 1.807) is 25.3 Å². The minimum atomic E-state index is -0.167. The van der Waals surface area contributed by atoms with Crippen LogP contribution in [-0.4, -0.2) is 9.55 Å². The number of nitrogens with zero attached hydrogens (tertiary/aromatic N) is 2. The van der Waals surface area contributed by atoms with Crippen molar-refractivity contribution in [3.63, 3.8) is 0 Å². The Morgan fingerprint density at radius 1 is 1.44 bits per heavy atom. The van der Waals surface area contributed by atoms with Gasteiger partial charge in [0.15, 0.2) is 0 Å². The predicted molar refractivity (Wildman–Crippen MR) is 71.1 cm³/mol. The quantitative estimate of drug-likeness (QED) is 0.895. The van der Waals surface area contributed by atoms with Gasteiger partial charge in [0, 0.05) is 18.9 Å². The van der Waals surface area contributed by atoms with Crippen LogP contribution in [0.25, 0.3) is 0 Å². The fraction of sp³-hybridized carbons (Fsp3) is 0.357. The molecule has 96 valence electrons. The van der Waals surface area contributed by atoms with Crippen LogP contribution in [0.15, 0.2) is 30.6 Å². The van der Waals surface area contributed by atoms with Crippen molar-refractivity contribution in [2.75, 3.05) is 5.32 Å². The van der Waals surface area contributed by atoms with Gasteiger partial charge in [0.2, 0.25) is 5.95 Å². The van der Waals surface area contributed by atoms with Gasteiger partial charge in [-0.25, -0.2) is 9.37 Å². The van der Waals surface area contributed by atoms with Crippen LogP contribution < -0.4 is 5.32 Å². The third-order valence-corrected chi connectivity index (χ3v) is 3.10. The molecule has 1 aromatic heterocycles. The molecule has 0 aliphatic carbocycles. The molecule has 0 amide bonds. The molecule has 2 aromatic rings. The van der Waals surface area contributed by atoms with Gasteiger partial charge in [-0.1, -0.05) is 12.1 Å². The molecule has 0 aliphatic heterocycles. The lowest BCUT2D eigenvalue weighted by atomic mass is 10.1. The van der Waals surface area contributed by atoms with Gasteiger partial charge in [0.05, 0.1) is 6.04 Å². The number of imidazole rings is 1. The van der Waals surface area contributed by atoms with Crippen LogP contribution in [0.1, 0.15) is 31.0 Å². The highest BCUT2D eigenvalue weighted by atomic mass is 19.1. The molecule has 1 atom stereocenters. The Morgan fingerprint density at radius 3 is 2.89 bits per heavy atom. The van der Waals surface area contributed by atoms with Gasteiger partial charge in [-0.2, -0.15) is 0 Å². The molecular formula is C14H18FN3. The van der Waals surface area contributed by atoms with Crippen molar-refractivity contribution in [2.45, 2.75) is 33.4 Å². The zero-order valence-corrected chi connectivity index (χ0v) is 10.9. The molecule has 1 heterocycles. The van der Waals surface area contributed by atoms with Crippen molar-refractivity contribution >= 4 is 5.95 Å². The molecule has 1 aromatic carbocycles. The van der Waals surface area contributed by atoms with E-state index in [1.165, 1.54) is 0 Å². The molecule has 0 fully saturated rings. The lowest BCUT2D eigenvalue weighted by Gasteiger charge is -2.16. The summed E-state index contributed by atoms with van der Waals surface area (Å²) in [5.41, 5.74) is 1.59. The Labute approximate surface area is 107 Å². The lowest BCUT2D eigenvalue weighted by Crippen LogP contribution is -2.11. The van der Waals surface area contributed by atoms with E-state index in [-0.39, 0.29) is 11.9 Å². The second kappa shape index (κ2) is 5.21. The van der Waals surface area contributed by atoms with Gasteiger partial charge in [-0.05, 0) is 38.0 Å². The Hall–Kier alpha value is -1.84. The largest absolute Gasteiger partial charge is 0.349 e. The summed E-state index contributed by atoms with van der Waals surface area (Å²) < 4.78 is 15.5. The van der Waals surface area contributed by atoms with Crippen molar-refractivity contribution in [1.29, 1.82) is 0 Å². The van der Waals surface area contributed by atoms with E-state index < -0.39 is 0 Å². The number of hydrogen-bond donors (Lipinski definition) is 1. The van der Waals surface area contributed by atoms with E-state index >= 15 is 0 Å². The molecule has 4 heteroatoms. The van der Waals surface area contributed by atoms with Crippen LogP contribution in [-0.2, 0) is 6.54 Å². The fourth-order valence-electron chi connectivity index (χ4n) is 1.86. The second-order valence-corrected chi connectivity index (χ2v) is 4.41. The van der Waals surface area contributed by atoms with Crippen molar-refractivity contribution in [2.24, 2.45) is 0 Å². The number of rotatable bonds is 4. The second-order valence-electron chi connectivity index (χ2n) is 4.41. The Balaban J connectivity index is 2.16. The highest BCUT2D eigenvalue weighted by molar-refractivity contribution is 5.34. The summed E-state index contributed by atoms with van der Waals surface area (Å²) in [6.45, 7) is 6.68. The molecule has 2 rings (SSSR count). The summed E-state index contributed by atoms with van der Waals surface area (Å²) in [5, 5.41) is 3.29. The Bertz CT molecular complexity index is 534. The summed E-state index contributed by atoms with van der Waals surface area (Å²) in [7, 11) is 0. The van der Waals surface area contributed by atoms with Gasteiger partial charge in [-0.15, -0.1) is 0 Å². The molecule has 18 heavy (non-hydrogen) atoms. The molecular weight excluding hydrogens is 229 g/mol. The number of aryl methyl sites for hydroxylation is 2. The molecule has 3 nitrogen and oxygen atoms in total. The molecule has 1 N–H and O–H groups in total. The fourth-order valence-corrected chi connectivity index (χ4v) is 1.86. The van der Waals surface area contributed by atoms with Gasteiger partial charge >= 0.3 is 0 Å². The average molecular weight is 247 g/mol. The first kappa shape index (κ1) is 12.6. The Morgan fingerprint density at radius 2 is 2.22 bits per heavy atom. The van der Waals surface area contributed by atoms with Gasteiger partial charge in [0.25, 0.3) is 0 Å². The lowest BCUT2D eigenvalue weighted by molar-refractivity contribution is 0.614. The highest BCUT2D eigenvalue weighted by Crippen LogP contribution is 2.20. The van der Waals surface area contributed by atoms with Crippen LogP contribution in [0.2, 0.25) is 0 Å². The summed E-state index contributed by atoms with van der Waals surface area (Å²) in [5.74, 6) is 0.644. The summed E-state index contributed by atoms with van der Waals surface area (Å²) in [4.78, 5) is 4.25. The topological polar surface area (TPSA) is 29.9 Å². The predicted octanol–water partition coefficient (Wildman–Crippen LogP) is 3.52. The van der Waals surface area contributed by atoms with Crippen LogP contribution >= 0.6 is 0 Å². The molecule has 0 radical (unpaired) electrons. The zero-order valence-electron chi connectivity index (χ0n) is 10.9. The minimum absolute atomic E-state index is 0.0211. The number of benzene rings is 1. The first-order valence-electron chi connectivity index (χ1n) is 6.15. The summed E-state index contributed by atoms with van der Waals surface area (Å²) >= 11 is 0. The maximum Gasteiger partial charge on any atom is 0.203 e. The van der Waals surface area contributed by atoms with Gasteiger partial charge in [-0.3, -0.25) is 0 Å². The van der Waals surface area contributed by atoms with E-state index in [0.29, 0.717) is 5.56 Å². The number of anilines is 1. The van der Waals surface area contributed by atoms with Crippen LogP contribution in [0.4, 0.5) is 10.3 Å². The van der Waals surface area contributed by atoms with E-state index in [4.69, 9.17) is 0 Å². The first-order valence-corrected chi connectivity index (χ1v) is 6.15. The van der Waals surface area contributed by atoms with Crippen LogP contribution in [0.3, 0.4) is 0 Å². The highest BCUT2D eigenvalue weighted by Gasteiger charge is 2.10. The minimum Gasteiger partial charge on any atom is -0.349 e. The SMILES string of the molecule is CCn1ccnc1NC(C)c1ccc(C)c(F)c1. The van der Waals surface area contributed by atoms with Crippen LogP contribution in [0.5, 0.6) is 0 Å². The average Bonchev–Trinajstić information content (AvgIpc) is 2.79. The summed E-state index contributed by atoms with van der Waals surface area (Å²) in [6, 6.07) is 5.34. The number of halogens is 1. The number of hydrogen-bond acceptors (Lipinski definition) is 2. The normalized spacial score (nSPS) is 12.4. The van der Waals surface area contributed by atoms with Crippen molar-refractivity contribution in [3.8, 4) is 0 Å². The maximum atomic E-state index is 13.5. The van der Waals surface area contributed by atoms with E-state index in [0.717, 1.165) is 18.1 Å². The monoisotopic (exact) mass is 247 g/mol. The maximum absolute atomic E-state index is 13.5. The van der Waals surface area contributed by atoms with Crippen molar-refractivity contribution < 1.29 is 4.39 Å². The number of nitrogens with one attached hydrogen (secondary N) is 1. The zero-order chi connectivity index (χ0) is 13.1. The standard InChI is InChI=1S/C14H18FN3/c1-4-18-8-7-16-14(18)17-11(3)12-6-5-10(2)13(15)9-12/h5-9,11H,4H2,1-3H3,(H,16,17). The van der Waals surface area contributed by atoms with Crippen LogP contribution in [0, 0.1) is 12.7 Å². The van der Waals surface area contributed by atoms with E-state index in [1.807, 2.05) is 23.8 Å². The third kappa shape index (κ3) is 2.53. The van der Waals surface area contributed by atoms with E-state index in [9.17, 15) is 4.39 Å². The van der Waals surface area contributed by atoms with Crippen molar-refractivity contribution in [1.82, 2.24) is 9.55 Å². The van der Waals surface area contributed by atoms with E-state index in [2.05, 4.69) is 17.2 Å². The van der Waals surface area contributed by atoms with Gasteiger partial charge in [0.1, 0.15) is 5.82 Å². The molecule has 0 bridgehead atoms. The molecule has 0 aliphatic rings. The first-order chi connectivity index (χ1) is 8.61. The molecule has 0 spiro atoms. The number of aromatic nitrogens is 2. The molecule has 0 saturated carbocycles. The third-order valence-electron chi connectivity index (χ3n) is 3.10. The van der Waals surface area contributed by atoms with Gasteiger partial charge < -0.3 is 9.88 Å². The Kier molecular flexibility index (Phi) is 3.65.